The number of anilines is 1. The van der Waals surface area contributed by atoms with E-state index in [1.54, 1.807) is 18.2 Å². The Morgan fingerprint density at radius 3 is 2.94 bits per heavy atom. The summed E-state index contributed by atoms with van der Waals surface area (Å²) < 4.78 is 5.06. The molecule has 0 aromatic heterocycles. The second kappa shape index (κ2) is 5.97. The molecule has 1 aromatic rings. The summed E-state index contributed by atoms with van der Waals surface area (Å²) in [7, 11) is 1.49. The number of carbonyl (C=O) groups is 1. The topological polar surface area (TPSA) is 84.6 Å². The molecule has 0 fully saturated rings. The van der Waals surface area contributed by atoms with E-state index in [1.165, 1.54) is 7.11 Å². The molecule has 0 atom stereocenters. The van der Waals surface area contributed by atoms with E-state index in [2.05, 4.69) is 5.32 Å². The van der Waals surface area contributed by atoms with E-state index in [-0.39, 0.29) is 12.5 Å². The third-order valence-corrected chi connectivity index (χ3v) is 2.13. The smallest absolute Gasteiger partial charge is 0.257 e. The van der Waals surface area contributed by atoms with Gasteiger partial charge in [-0.25, -0.2) is 0 Å². The quantitative estimate of drug-likeness (QED) is 0.499. The molecule has 0 spiro atoms. The van der Waals surface area contributed by atoms with Gasteiger partial charge in [0.15, 0.2) is 0 Å². The fourth-order valence-corrected chi connectivity index (χ4v) is 1.33. The van der Waals surface area contributed by atoms with Gasteiger partial charge < -0.3 is 20.9 Å². The SMILES string of the molecule is COc1cccc(N)c1C(=O)NCCCO. The zero-order valence-electron chi connectivity index (χ0n) is 9.19. The molecular weight excluding hydrogens is 208 g/mol. The van der Waals surface area contributed by atoms with Crippen LogP contribution in [-0.2, 0) is 0 Å². The van der Waals surface area contributed by atoms with E-state index < -0.39 is 0 Å². The molecule has 4 N–H and O–H groups in total. The first-order valence-electron chi connectivity index (χ1n) is 5.02. The van der Waals surface area contributed by atoms with Crippen LogP contribution in [0.5, 0.6) is 5.75 Å². The molecule has 16 heavy (non-hydrogen) atoms. The lowest BCUT2D eigenvalue weighted by molar-refractivity contribution is 0.0949. The minimum atomic E-state index is -0.289. The average molecular weight is 224 g/mol. The number of hydrogen-bond donors (Lipinski definition) is 3. The van der Waals surface area contributed by atoms with Gasteiger partial charge in [-0.1, -0.05) is 6.07 Å². The summed E-state index contributed by atoms with van der Waals surface area (Å²) in [6, 6.07) is 5.04. The van der Waals surface area contributed by atoms with Gasteiger partial charge in [0.05, 0.1) is 7.11 Å². The minimum absolute atomic E-state index is 0.0433. The van der Waals surface area contributed by atoms with Crippen LogP contribution in [0.25, 0.3) is 0 Å². The van der Waals surface area contributed by atoms with Gasteiger partial charge >= 0.3 is 0 Å². The number of methoxy groups -OCH3 is 1. The summed E-state index contributed by atoms with van der Waals surface area (Å²) in [5, 5.41) is 11.3. The van der Waals surface area contributed by atoms with Gasteiger partial charge in [-0.2, -0.15) is 0 Å². The maximum atomic E-state index is 11.8. The van der Waals surface area contributed by atoms with Gasteiger partial charge in [-0.3, -0.25) is 4.79 Å². The number of nitrogens with one attached hydrogen (secondary N) is 1. The van der Waals surface area contributed by atoms with E-state index >= 15 is 0 Å². The Hall–Kier alpha value is -1.75. The van der Waals surface area contributed by atoms with Gasteiger partial charge in [0, 0.05) is 18.8 Å². The number of benzene rings is 1. The molecule has 1 amide bonds. The van der Waals surface area contributed by atoms with Crippen LogP contribution >= 0.6 is 0 Å². The number of rotatable bonds is 5. The monoisotopic (exact) mass is 224 g/mol. The lowest BCUT2D eigenvalue weighted by atomic mass is 10.1. The van der Waals surface area contributed by atoms with Crippen molar-refractivity contribution in [3.05, 3.63) is 23.8 Å². The van der Waals surface area contributed by atoms with E-state index in [4.69, 9.17) is 15.6 Å². The fraction of sp³-hybridized carbons (Fsp3) is 0.364. The second-order valence-corrected chi connectivity index (χ2v) is 3.26. The van der Waals surface area contributed by atoms with Gasteiger partial charge in [-0.15, -0.1) is 0 Å². The van der Waals surface area contributed by atoms with Crippen LogP contribution in [0.3, 0.4) is 0 Å². The Morgan fingerprint density at radius 1 is 1.56 bits per heavy atom. The Balaban J connectivity index is 2.81. The minimum Gasteiger partial charge on any atom is -0.496 e. The first kappa shape index (κ1) is 12.3. The number of nitrogen functional groups attached to an aromatic ring is 1. The summed E-state index contributed by atoms with van der Waals surface area (Å²) in [5.41, 5.74) is 6.42. The molecule has 1 aromatic carbocycles. The molecular formula is C11H16N2O3. The van der Waals surface area contributed by atoms with Crippen molar-refractivity contribution in [3.8, 4) is 5.75 Å². The Labute approximate surface area is 94.2 Å². The molecule has 0 aliphatic heterocycles. The molecule has 5 heteroatoms. The Bertz CT molecular complexity index is 366. The maximum Gasteiger partial charge on any atom is 0.257 e. The van der Waals surface area contributed by atoms with Crippen molar-refractivity contribution in [2.45, 2.75) is 6.42 Å². The third-order valence-electron chi connectivity index (χ3n) is 2.13. The van der Waals surface area contributed by atoms with Gasteiger partial charge in [-0.05, 0) is 18.6 Å². The largest absolute Gasteiger partial charge is 0.496 e. The van der Waals surface area contributed by atoms with Crippen LogP contribution < -0.4 is 15.8 Å². The Kier molecular flexibility index (Phi) is 4.60. The molecule has 0 bridgehead atoms. The molecule has 0 unspecified atom stereocenters. The fourth-order valence-electron chi connectivity index (χ4n) is 1.33. The predicted molar refractivity (Wildman–Crippen MR) is 61.4 cm³/mol. The van der Waals surface area contributed by atoms with Crippen LogP contribution in [0.4, 0.5) is 5.69 Å². The van der Waals surface area contributed by atoms with Crippen LogP contribution in [0.2, 0.25) is 0 Å². The van der Waals surface area contributed by atoms with Crippen LogP contribution in [-0.4, -0.2) is 31.3 Å². The van der Waals surface area contributed by atoms with Crippen molar-refractivity contribution < 1.29 is 14.6 Å². The molecule has 0 heterocycles. The molecule has 0 aliphatic rings. The van der Waals surface area contributed by atoms with E-state index in [0.717, 1.165) is 0 Å². The van der Waals surface area contributed by atoms with E-state index in [1.807, 2.05) is 0 Å². The lowest BCUT2D eigenvalue weighted by Gasteiger charge is -2.11. The summed E-state index contributed by atoms with van der Waals surface area (Å²) in [5.74, 6) is 0.157. The first-order valence-corrected chi connectivity index (χ1v) is 5.02. The predicted octanol–water partition coefficient (Wildman–Crippen LogP) is 0.390. The number of hydrogen-bond acceptors (Lipinski definition) is 4. The van der Waals surface area contributed by atoms with Crippen molar-refractivity contribution in [2.24, 2.45) is 0 Å². The number of carbonyl (C=O) groups excluding carboxylic acids is 1. The van der Waals surface area contributed by atoms with Crippen molar-refractivity contribution in [3.63, 3.8) is 0 Å². The second-order valence-electron chi connectivity index (χ2n) is 3.26. The molecule has 5 nitrogen and oxygen atoms in total. The number of amides is 1. The third kappa shape index (κ3) is 2.87. The number of aliphatic hydroxyl groups excluding tert-OH is 1. The van der Waals surface area contributed by atoms with Crippen LogP contribution in [0, 0.1) is 0 Å². The normalized spacial score (nSPS) is 9.88. The molecule has 1 rings (SSSR count). The summed E-state index contributed by atoms with van der Waals surface area (Å²) in [4.78, 5) is 11.8. The average Bonchev–Trinajstić information content (AvgIpc) is 2.28. The highest BCUT2D eigenvalue weighted by atomic mass is 16.5. The molecule has 0 saturated heterocycles. The molecule has 0 radical (unpaired) electrons. The number of aliphatic hydroxyl groups is 1. The van der Waals surface area contributed by atoms with Crippen LogP contribution in [0.1, 0.15) is 16.8 Å². The standard InChI is InChI=1S/C11H16N2O3/c1-16-9-5-2-4-8(12)10(9)11(15)13-6-3-7-14/h2,4-5,14H,3,6-7,12H2,1H3,(H,13,15). The number of nitrogens with two attached hydrogens (primary N) is 1. The molecule has 0 saturated carbocycles. The molecule has 0 aliphatic carbocycles. The summed E-state index contributed by atoms with van der Waals surface area (Å²) >= 11 is 0. The summed E-state index contributed by atoms with van der Waals surface area (Å²) in [6.45, 7) is 0.453. The van der Waals surface area contributed by atoms with Crippen molar-refractivity contribution >= 4 is 11.6 Å². The van der Waals surface area contributed by atoms with Crippen molar-refractivity contribution in [1.82, 2.24) is 5.32 Å². The van der Waals surface area contributed by atoms with Crippen LogP contribution in [0.15, 0.2) is 18.2 Å². The van der Waals surface area contributed by atoms with E-state index in [9.17, 15) is 4.79 Å². The van der Waals surface area contributed by atoms with E-state index in [0.29, 0.717) is 30.0 Å². The van der Waals surface area contributed by atoms with Gasteiger partial charge in [0.2, 0.25) is 0 Å². The zero-order chi connectivity index (χ0) is 12.0. The first-order chi connectivity index (χ1) is 7.70. The highest BCUT2D eigenvalue weighted by molar-refractivity contribution is 6.01. The molecule has 88 valence electrons. The van der Waals surface area contributed by atoms with Crippen molar-refractivity contribution in [2.75, 3.05) is 26.0 Å². The Morgan fingerprint density at radius 2 is 2.31 bits per heavy atom. The van der Waals surface area contributed by atoms with Gasteiger partial charge in [0.1, 0.15) is 11.3 Å². The summed E-state index contributed by atoms with van der Waals surface area (Å²) in [6.07, 6.45) is 0.515. The highest BCUT2D eigenvalue weighted by Crippen LogP contribution is 2.23. The highest BCUT2D eigenvalue weighted by Gasteiger charge is 2.14. The van der Waals surface area contributed by atoms with Crippen molar-refractivity contribution in [1.29, 1.82) is 0 Å². The van der Waals surface area contributed by atoms with Gasteiger partial charge in [0.25, 0.3) is 5.91 Å². The number of ether oxygens (including phenoxy) is 1. The zero-order valence-corrected chi connectivity index (χ0v) is 9.19. The maximum absolute atomic E-state index is 11.8. The lowest BCUT2D eigenvalue weighted by Crippen LogP contribution is -2.26.